The lowest BCUT2D eigenvalue weighted by Crippen LogP contribution is -2.21. The lowest BCUT2D eigenvalue weighted by Gasteiger charge is -2.13. The summed E-state index contributed by atoms with van der Waals surface area (Å²) < 4.78 is 42.7. The summed E-state index contributed by atoms with van der Waals surface area (Å²) in [6.45, 7) is 1.65. The Hall–Kier alpha value is -1.47. The van der Waals surface area contributed by atoms with E-state index in [0.717, 1.165) is 18.2 Å². The quantitative estimate of drug-likeness (QED) is 0.862. The van der Waals surface area contributed by atoms with E-state index in [9.17, 15) is 17.6 Å². The van der Waals surface area contributed by atoms with Crippen LogP contribution in [0.5, 0.6) is 0 Å². The molecule has 19 heavy (non-hydrogen) atoms. The SMILES string of the molecule is COCCC(C)S(=O)(=O)c1cc(C(=O)O)ccc1F. The van der Waals surface area contributed by atoms with E-state index < -0.39 is 31.8 Å². The van der Waals surface area contributed by atoms with Gasteiger partial charge in [-0.3, -0.25) is 0 Å². The standard InChI is InChI=1S/C12H15FO5S/c1-8(5-6-18-2)19(16,17)11-7-9(12(14)15)3-4-10(11)13/h3-4,7-8H,5-6H2,1-2H3,(H,14,15). The van der Waals surface area contributed by atoms with Crippen LogP contribution in [0.4, 0.5) is 4.39 Å². The second-order valence-electron chi connectivity index (χ2n) is 4.09. The minimum atomic E-state index is -3.92. The molecule has 0 aliphatic carbocycles. The Bertz CT molecular complexity index is 567. The Labute approximate surface area is 110 Å². The number of sulfone groups is 1. The van der Waals surface area contributed by atoms with Gasteiger partial charge in [-0.2, -0.15) is 0 Å². The highest BCUT2D eigenvalue weighted by molar-refractivity contribution is 7.92. The van der Waals surface area contributed by atoms with Gasteiger partial charge in [-0.1, -0.05) is 0 Å². The molecule has 0 spiro atoms. The molecule has 0 aliphatic rings. The van der Waals surface area contributed by atoms with Crippen LogP contribution in [0.1, 0.15) is 23.7 Å². The van der Waals surface area contributed by atoms with Crippen LogP contribution in [0.2, 0.25) is 0 Å². The first-order valence-corrected chi connectivity index (χ1v) is 7.11. The topological polar surface area (TPSA) is 80.7 Å². The van der Waals surface area contributed by atoms with Crippen LogP contribution in [0.15, 0.2) is 23.1 Å². The molecular weight excluding hydrogens is 275 g/mol. The van der Waals surface area contributed by atoms with Crippen molar-refractivity contribution in [3.05, 3.63) is 29.6 Å². The fraction of sp³-hybridized carbons (Fsp3) is 0.417. The molecule has 106 valence electrons. The molecule has 5 nitrogen and oxygen atoms in total. The summed E-state index contributed by atoms with van der Waals surface area (Å²) in [5.74, 6) is -2.25. The van der Waals surface area contributed by atoms with Crippen molar-refractivity contribution < 1.29 is 27.4 Å². The van der Waals surface area contributed by atoms with Gasteiger partial charge in [-0.05, 0) is 31.5 Å². The first-order valence-electron chi connectivity index (χ1n) is 5.56. The van der Waals surface area contributed by atoms with E-state index in [4.69, 9.17) is 9.84 Å². The highest BCUT2D eigenvalue weighted by Gasteiger charge is 2.27. The van der Waals surface area contributed by atoms with Crippen LogP contribution in [0.25, 0.3) is 0 Å². The maximum absolute atomic E-state index is 13.6. The van der Waals surface area contributed by atoms with Crippen molar-refractivity contribution in [2.24, 2.45) is 0 Å². The first-order chi connectivity index (χ1) is 8.80. The van der Waals surface area contributed by atoms with E-state index in [1.807, 2.05) is 0 Å². The molecule has 0 amide bonds. The second-order valence-corrected chi connectivity index (χ2v) is 6.42. The average Bonchev–Trinajstić information content (AvgIpc) is 2.35. The molecule has 1 atom stereocenters. The van der Waals surface area contributed by atoms with Crippen LogP contribution < -0.4 is 0 Å². The molecular formula is C12H15FO5S. The molecule has 1 N–H and O–H groups in total. The summed E-state index contributed by atoms with van der Waals surface area (Å²) in [5, 5.41) is 7.95. The Morgan fingerprint density at radius 2 is 2.11 bits per heavy atom. The number of hydrogen-bond donors (Lipinski definition) is 1. The van der Waals surface area contributed by atoms with Crippen LogP contribution in [-0.2, 0) is 14.6 Å². The molecule has 0 radical (unpaired) electrons. The molecule has 0 aliphatic heterocycles. The van der Waals surface area contributed by atoms with Gasteiger partial charge in [-0.15, -0.1) is 0 Å². The Kier molecular flexibility index (Phi) is 5.02. The van der Waals surface area contributed by atoms with Crippen molar-refractivity contribution in [2.75, 3.05) is 13.7 Å². The summed E-state index contributed by atoms with van der Waals surface area (Å²) in [7, 11) is -2.48. The Balaban J connectivity index is 3.20. The van der Waals surface area contributed by atoms with E-state index in [1.165, 1.54) is 14.0 Å². The molecule has 0 aromatic heterocycles. The minimum Gasteiger partial charge on any atom is -0.478 e. The zero-order valence-electron chi connectivity index (χ0n) is 10.6. The van der Waals surface area contributed by atoms with Crippen LogP contribution >= 0.6 is 0 Å². The molecule has 0 heterocycles. The molecule has 0 fully saturated rings. The number of aromatic carboxylic acids is 1. The minimum absolute atomic E-state index is 0.204. The third kappa shape index (κ3) is 3.51. The summed E-state index contributed by atoms with van der Waals surface area (Å²) in [6.07, 6.45) is 0.204. The highest BCUT2D eigenvalue weighted by Crippen LogP contribution is 2.22. The number of benzene rings is 1. The van der Waals surface area contributed by atoms with Gasteiger partial charge in [-0.25, -0.2) is 17.6 Å². The van der Waals surface area contributed by atoms with E-state index in [2.05, 4.69) is 0 Å². The zero-order valence-corrected chi connectivity index (χ0v) is 11.4. The number of halogens is 1. The predicted molar refractivity (Wildman–Crippen MR) is 66.5 cm³/mol. The number of carboxylic acids is 1. The third-order valence-electron chi connectivity index (χ3n) is 2.74. The number of rotatable bonds is 6. The van der Waals surface area contributed by atoms with Gasteiger partial charge in [0, 0.05) is 13.7 Å². The Morgan fingerprint density at radius 3 is 2.63 bits per heavy atom. The van der Waals surface area contributed by atoms with Crippen molar-refractivity contribution in [1.29, 1.82) is 0 Å². The van der Waals surface area contributed by atoms with Gasteiger partial charge < -0.3 is 9.84 Å². The lowest BCUT2D eigenvalue weighted by atomic mass is 10.2. The van der Waals surface area contributed by atoms with Crippen molar-refractivity contribution >= 4 is 15.8 Å². The molecule has 1 rings (SSSR count). The highest BCUT2D eigenvalue weighted by atomic mass is 32.2. The zero-order chi connectivity index (χ0) is 14.6. The number of hydrogen-bond acceptors (Lipinski definition) is 4. The van der Waals surface area contributed by atoms with Crippen molar-refractivity contribution in [3.8, 4) is 0 Å². The van der Waals surface area contributed by atoms with E-state index in [0.29, 0.717) is 0 Å². The summed E-state index contributed by atoms with van der Waals surface area (Å²) >= 11 is 0. The molecule has 0 saturated carbocycles. The Morgan fingerprint density at radius 1 is 1.47 bits per heavy atom. The largest absolute Gasteiger partial charge is 0.478 e. The summed E-state index contributed by atoms with van der Waals surface area (Å²) in [4.78, 5) is 10.2. The average molecular weight is 290 g/mol. The maximum atomic E-state index is 13.6. The van der Waals surface area contributed by atoms with Crippen LogP contribution in [0.3, 0.4) is 0 Å². The molecule has 1 aromatic rings. The van der Waals surface area contributed by atoms with Crippen molar-refractivity contribution in [3.63, 3.8) is 0 Å². The van der Waals surface area contributed by atoms with Crippen molar-refractivity contribution in [2.45, 2.75) is 23.5 Å². The van der Waals surface area contributed by atoms with Crippen LogP contribution in [0, 0.1) is 5.82 Å². The maximum Gasteiger partial charge on any atom is 0.335 e. The van der Waals surface area contributed by atoms with E-state index in [-0.39, 0.29) is 18.6 Å². The smallest absolute Gasteiger partial charge is 0.335 e. The van der Waals surface area contributed by atoms with Crippen molar-refractivity contribution in [1.82, 2.24) is 0 Å². The van der Waals surface area contributed by atoms with Gasteiger partial charge >= 0.3 is 5.97 Å². The van der Waals surface area contributed by atoms with Gasteiger partial charge in [0.25, 0.3) is 0 Å². The molecule has 7 heteroatoms. The summed E-state index contributed by atoms with van der Waals surface area (Å²) in [5.41, 5.74) is -0.265. The van der Waals surface area contributed by atoms with Gasteiger partial charge in [0.1, 0.15) is 10.7 Å². The first kappa shape index (κ1) is 15.6. The van der Waals surface area contributed by atoms with Gasteiger partial charge in [0.05, 0.1) is 10.8 Å². The molecule has 1 aromatic carbocycles. The number of carboxylic acid groups (broad SMARTS) is 1. The fourth-order valence-electron chi connectivity index (χ4n) is 1.51. The van der Waals surface area contributed by atoms with Gasteiger partial charge in [0.15, 0.2) is 9.84 Å². The number of ether oxygens (including phenoxy) is 1. The number of carbonyl (C=O) groups is 1. The monoisotopic (exact) mass is 290 g/mol. The molecule has 0 bridgehead atoms. The lowest BCUT2D eigenvalue weighted by molar-refractivity contribution is 0.0696. The van der Waals surface area contributed by atoms with Crippen LogP contribution in [-0.4, -0.2) is 38.5 Å². The third-order valence-corrected chi connectivity index (χ3v) is 4.96. The molecule has 0 saturated heterocycles. The predicted octanol–water partition coefficient (Wildman–Crippen LogP) is 1.72. The second kappa shape index (κ2) is 6.12. The van der Waals surface area contributed by atoms with E-state index >= 15 is 0 Å². The molecule has 1 unspecified atom stereocenters. The van der Waals surface area contributed by atoms with Gasteiger partial charge in [0.2, 0.25) is 0 Å². The van der Waals surface area contributed by atoms with E-state index in [1.54, 1.807) is 0 Å². The fourth-order valence-corrected chi connectivity index (χ4v) is 2.98. The number of methoxy groups -OCH3 is 1. The summed E-state index contributed by atoms with van der Waals surface area (Å²) in [6, 6.07) is 2.71. The normalized spacial score (nSPS) is 13.2.